The van der Waals surface area contributed by atoms with E-state index in [4.69, 9.17) is 14.2 Å². The average Bonchev–Trinajstić information content (AvgIpc) is 2.35. The van der Waals surface area contributed by atoms with Gasteiger partial charge in [-0.15, -0.1) is 0 Å². The van der Waals surface area contributed by atoms with Gasteiger partial charge in [-0.1, -0.05) is 15.9 Å². The number of alkyl carbamates (subject to hydrolysis) is 1. The Bertz CT molecular complexity index is 449. The molecule has 0 bridgehead atoms. The number of nitrogens with zero attached hydrogens (tertiary/aromatic N) is 1. The molecule has 21 heavy (non-hydrogen) atoms. The van der Waals surface area contributed by atoms with Crippen LogP contribution in [0, 0.1) is 0 Å². The van der Waals surface area contributed by atoms with Crippen molar-refractivity contribution in [1.29, 1.82) is 0 Å². The predicted molar refractivity (Wildman–Crippen MR) is 82.5 cm³/mol. The van der Waals surface area contributed by atoms with Crippen LogP contribution in [-0.4, -0.2) is 43.0 Å². The Morgan fingerprint density at radius 1 is 1.29 bits per heavy atom. The predicted octanol–water partition coefficient (Wildman–Crippen LogP) is 2.76. The number of nitrogens with one attached hydrogen (secondary N) is 1. The summed E-state index contributed by atoms with van der Waals surface area (Å²) in [5.41, 5.74) is -0.303. The first kappa shape index (κ1) is 17.7. The van der Waals surface area contributed by atoms with Crippen LogP contribution in [0.4, 0.5) is 4.79 Å². The summed E-state index contributed by atoms with van der Waals surface area (Å²) in [7, 11) is 0. The summed E-state index contributed by atoms with van der Waals surface area (Å²) in [4.78, 5) is 15.4. The van der Waals surface area contributed by atoms with Crippen LogP contribution in [0.25, 0.3) is 0 Å². The van der Waals surface area contributed by atoms with Gasteiger partial charge in [-0.25, -0.2) is 9.78 Å². The molecule has 7 heteroatoms. The molecule has 0 atom stereocenters. The Kier molecular flexibility index (Phi) is 7.45. The molecule has 118 valence electrons. The standard InChI is InChI=1S/C14H21BrN2O4/c1-14(2,3)17-13(18)21-9-7-19-6-8-20-12-10-11(15)4-5-16-12/h4-5,10H,6-9H2,1-3H3,(H,17,18). The third-order valence-corrected chi connectivity index (χ3v) is 2.61. The number of ether oxygens (including phenoxy) is 3. The summed E-state index contributed by atoms with van der Waals surface area (Å²) in [6, 6.07) is 3.60. The zero-order valence-corrected chi connectivity index (χ0v) is 14.1. The molecule has 6 nitrogen and oxygen atoms in total. The highest BCUT2D eigenvalue weighted by Crippen LogP contribution is 2.14. The zero-order valence-electron chi connectivity index (χ0n) is 12.5. The van der Waals surface area contributed by atoms with Gasteiger partial charge in [0, 0.05) is 22.3 Å². The highest BCUT2D eigenvalue weighted by Gasteiger charge is 2.14. The number of aromatic nitrogens is 1. The second kappa shape index (κ2) is 8.84. The lowest BCUT2D eigenvalue weighted by molar-refractivity contribution is 0.0552. The van der Waals surface area contributed by atoms with Crippen molar-refractivity contribution in [2.24, 2.45) is 0 Å². The largest absolute Gasteiger partial charge is 0.475 e. The van der Waals surface area contributed by atoms with Crippen molar-refractivity contribution in [3.05, 3.63) is 22.8 Å². The maximum absolute atomic E-state index is 11.3. The minimum absolute atomic E-state index is 0.205. The molecule has 1 aromatic heterocycles. The Morgan fingerprint density at radius 3 is 2.67 bits per heavy atom. The van der Waals surface area contributed by atoms with Crippen molar-refractivity contribution in [1.82, 2.24) is 10.3 Å². The Balaban J connectivity index is 2.01. The third-order valence-electron chi connectivity index (χ3n) is 2.11. The molecule has 0 fully saturated rings. The molecule has 0 spiro atoms. The van der Waals surface area contributed by atoms with Gasteiger partial charge in [-0.3, -0.25) is 0 Å². The van der Waals surface area contributed by atoms with E-state index in [-0.39, 0.29) is 12.1 Å². The lowest BCUT2D eigenvalue weighted by Crippen LogP contribution is -2.41. The zero-order chi connectivity index (χ0) is 15.7. The van der Waals surface area contributed by atoms with E-state index in [1.165, 1.54) is 0 Å². The van der Waals surface area contributed by atoms with Crippen LogP contribution in [0.5, 0.6) is 5.88 Å². The van der Waals surface area contributed by atoms with Crippen LogP contribution in [-0.2, 0) is 9.47 Å². The summed E-state index contributed by atoms with van der Waals surface area (Å²) in [6.07, 6.45) is 1.21. The smallest absolute Gasteiger partial charge is 0.407 e. The molecule has 1 heterocycles. The van der Waals surface area contributed by atoms with Crippen molar-refractivity contribution in [3.63, 3.8) is 0 Å². The van der Waals surface area contributed by atoms with Crippen LogP contribution in [0.3, 0.4) is 0 Å². The van der Waals surface area contributed by atoms with Gasteiger partial charge in [0.2, 0.25) is 5.88 Å². The summed E-state index contributed by atoms with van der Waals surface area (Å²) < 4.78 is 16.6. The molecule has 0 aliphatic rings. The average molecular weight is 361 g/mol. The SMILES string of the molecule is CC(C)(C)NC(=O)OCCOCCOc1cc(Br)ccn1. The fourth-order valence-corrected chi connectivity index (χ4v) is 1.62. The molecule has 1 aromatic rings. The molecule has 0 saturated carbocycles. The number of hydrogen-bond donors (Lipinski definition) is 1. The fourth-order valence-electron chi connectivity index (χ4n) is 1.31. The quantitative estimate of drug-likeness (QED) is 0.757. The van der Waals surface area contributed by atoms with E-state index in [0.717, 1.165) is 4.47 Å². The summed E-state index contributed by atoms with van der Waals surface area (Å²) >= 11 is 3.33. The Hall–Kier alpha value is -1.34. The topological polar surface area (TPSA) is 69.7 Å². The minimum Gasteiger partial charge on any atom is -0.475 e. The first-order chi connectivity index (χ1) is 9.87. The van der Waals surface area contributed by atoms with Crippen molar-refractivity contribution < 1.29 is 19.0 Å². The molecule has 0 aromatic carbocycles. The van der Waals surface area contributed by atoms with Gasteiger partial charge >= 0.3 is 6.09 Å². The third kappa shape index (κ3) is 9.25. The molecule has 1 rings (SSSR count). The first-order valence-corrected chi connectivity index (χ1v) is 7.43. The van der Waals surface area contributed by atoms with E-state index in [0.29, 0.717) is 25.7 Å². The monoisotopic (exact) mass is 360 g/mol. The molecular weight excluding hydrogens is 340 g/mol. The van der Waals surface area contributed by atoms with Gasteiger partial charge in [0.1, 0.15) is 13.2 Å². The molecule has 0 saturated heterocycles. The van der Waals surface area contributed by atoms with E-state index >= 15 is 0 Å². The normalized spacial score (nSPS) is 11.0. The van der Waals surface area contributed by atoms with Crippen molar-refractivity contribution >= 4 is 22.0 Å². The van der Waals surface area contributed by atoms with E-state index in [1.54, 1.807) is 12.3 Å². The summed E-state index contributed by atoms with van der Waals surface area (Å²) in [5.74, 6) is 0.536. The number of rotatable bonds is 7. The minimum atomic E-state index is -0.444. The van der Waals surface area contributed by atoms with Gasteiger partial charge in [-0.05, 0) is 26.8 Å². The van der Waals surface area contributed by atoms with E-state index in [9.17, 15) is 4.79 Å². The van der Waals surface area contributed by atoms with Crippen molar-refractivity contribution in [3.8, 4) is 5.88 Å². The van der Waals surface area contributed by atoms with Gasteiger partial charge in [0.05, 0.1) is 13.2 Å². The molecule has 1 N–H and O–H groups in total. The highest BCUT2D eigenvalue weighted by atomic mass is 79.9. The maximum atomic E-state index is 11.3. The van der Waals surface area contributed by atoms with Crippen LogP contribution in [0.2, 0.25) is 0 Å². The lowest BCUT2D eigenvalue weighted by Gasteiger charge is -2.19. The number of amides is 1. The van der Waals surface area contributed by atoms with Gasteiger partial charge in [0.15, 0.2) is 0 Å². The molecule has 0 aliphatic heterocycles. The molecule has 0 radical (unpaired) electrons. The van der Waals surface area contributed by atoms with Gasteiger partial charge in [-0.2, -0.15) is 0 Å². The number of hydrogen-bond acceptors (Lipinski definition) is 5. The number of carbonyl (C=O) groups is 1. The van der Waals surface area contributed by atoms with Crippen LogP contribution >= 0.6 is 15.9 Å². The van der Waals surface area contributed by atoms with Crippen molar-refractivity contribution in [2.45, 2.75) is 26.3 Å². The van der Waals surface area contributed by atoms with Crippen LogP contribution in [0.1, 0.15) is 20.8 Å². The van der Waals surface area contributed by atoms with E-state index in [1.807, 2.05) is 26.8 Å². The fraction of sp³-hybridized carbons (Fsp3) is 0.571. The molecule has 0 unspecified atom stereocenters. The molecule has 1 amide bonds. The number of pyridine rings is 1. The van der Waals surface area contributed by atoms with Crippen LogP contribution in [0.15, 0.2) is 22.8 Å². The summed E-state index contributed by atoms with van der Waals surface area (Å²) in [5, 5.41) is 2.69. The molecular formula is C14H21BrN2O4. The maximum Gasteiger partial charge on any atom is 0.407 e. The highest BCUT2D eigenvalue weighted by molar-refractivity contribution is 9.10. The molecule has 0 aliphatic carbocycles. The first-order valence-electron chi connectivity index (χ1n) is 6.64. The van der Waals surface area contributed by atoms with Crippen molar-refractivity contribution in [2.75, 3.05) is 26.4 Å². The Morgan fingerprint density at radius 2 is 2.00 bits per heavy atom. The summed E-state index contributed by atoms with van der Waals surface area (Å²) in [6.45, 7) is 6.98. The van der Waals surface area contributed by atoms with Crippen LogP contribution < -0.4 is 10.1 Å². The van der Waals surface area contributed by atoms with Gasteiger partial charge in [0.25, 0.3) is 0 Å². The lowest BCUT2D eigenvalue weighted by atomic mass is 10.1. The van der Waals surface area contributed by atoms with E-state index in [2.05, 4.69) is 26.2 Å². The van der Waals surface area contributed by atoms with Gasteiger partial charge < -0.3 is 19.5 Å². The second-order valence-electron chi connectivity index (χ2n) is 5.28. The Labute approximate surface area is 133 Å². The number of carbonyl (C=O) groups excluding carboxylic acids is 1. The number of halogens is 1. The second-order valence-corrected chi connectivity index (χ2v) is 6.20. The van der Waals surface area contributed by atoms with E-state index < -0.39 is 6.09 Å².